The molecule has 4 atom stereocenters. The van der Waals surface area contributed by atoms with Gasteiger partial charge in [0.2, 0.25) is 5.91 Å². The summed E-state index contributed by atoms with van der Waals surface area (Å²) in [6.07, 6.45) is 8.19. The molecule has 2 heterocycles. The molecule has 1 saturated heterocycles. The van der Waals surface area contributed by atoms with Gasteiger partial charge in [0.05, 0.1) is 30.0 Å². The lowest BCUT2D eigenvalue weighted by molar-refractivity contribution is -0.146. The highest BCUT2D eigenvalue weighted by molar-refractivity contribution is 7.91. The number of aliphatic hydroxyl groups is 1. The molecule has 0 radical (unpaired) electrons. The number of carbonyl (C=O) groups excluding carboxylic acids is 3. The number of sulfone groups is 1. The Bertz CT molecular complexity index is 1400. The van der Waals surface area contributed by atoms with E-state index in [-0.39, 0.29) is 37.4 Å². The number of benzene rings is 1. The van der Waals surface area contributed by atoms with Crippen molar-refractivity contribution in [1.82, 2.24) is 25.1 Å². The molecule has 1 saturated carbocycles. The maximum absolute atomic E-state index is 14.2. The zero-order valence-corrected chi connectivity index (χ0v) is 29.4. The van der Waals surface area contributed by atoms with E-state index < -0.39 is 52.0 Å². The second-order valence-corrected chi connectivity index (χ2v) is 16.1. The van der Waals surface area contributed by atoms with Crippen LogP contribution in [-0.2, 0) is 37.0 Å². The van der Waals surface area contributed by atoms with Crippen LogP contribution < -0.4 is 5.32 Å². The van der Waals surface area contributed by atoms with E-state index in [9.17, 15) is 27.9 Å². The van der Waals surface area contributed by atoms with Crippen molar-refractivity contribution in [1.29, 1.82) is 0 Å². The summed E-state index contributed by atoms with van der Waals surface area (Å²) in [6.45, 7) is 4.17. The standard InChI is InChI=1S/C35H53N5O7S/c1-25(2)14-15-31(41)29(20-26-10-6-4-7-11-26)38-33(42)30(22-28-23-36-24-37-28)39(3)34(43)32(21-27-12-8-5-9-13-27)47-35(44)40-16-18-48(45,46)19-17-40/h5,8-9,12-13,23-26,29-32,41H,4,6-7,10-11,14-22H2,1-3H3,(H,36,37)(H,38,42)/t29?,30-,31?,32?/m0/s1. The predicted molar refractivity (Wildman–Crippen MR) is 183 cm³/mol. The maximum atomic E-state index is 14.2. The van der Waals surface area contributed by atoms with E-state index in [4.69, 9.17) is 4.74 Å². The largest absolute Gasteiger partial charge is 0.436 e. The monoisotopic (exact) mass is 687 g/mol. The zero-order valence-electron chi connectivity index (χ0n) is 28.6. The Hall–Kier alpha value is -3.45. The summed E-state index contributed by atoms with van der Waals surface area (Å²) >= 11 is 0. The Labute approximate surface area is 284 Å². The maximum Gasteiger partial charge on any atom is 0.410 e. The van der Waals surface area contributed by atoms with Gasteiger partial charge in [0.15, 0.2) is 15.9 Å². The number of carbonyl (C=O) groups is 3. The number of nitrogens with one attached hydrogen (secondary N) is 2. The summed E-state index contributed by atoms with van der Waals surface area (Å²) in [6, 6.07) is 7.67. The Kier molecular flexibility index (Phi) is 13.9. The van der Waals surface area contributed by atoms with Gasteiger partial charge in [-0.2, -0.15) is 0 Å². The SMILES string of the molecule is CC(C)CCC(O)C(CC1CCCCC1)NC(=O)[C@H](Cc1cnc[nH]1)N(C)C(=O)C(Cc1ccccc1)OC(=O)N1CCS(=O)(=O)CC1. The highest BCUT2D eigenvalue weighted by Gasteiger charge is 2.37. The van der Waals surface area contributed by atoms with Crippen LogP contribution in [0.4, 0.5) is 4.79 Å². The van der Waals surface area contributed by atoms with Crippen LogP contribution in [0.1, 0.15) is 76.5 Å². The normalized spacial score (nSPS) is 19.2. The van der Waals surface area contributed by atoms with E-state index >= 15 is 0 Å². The molecule has 3 N–H and O–H groups in total. The lowest BCUT2D eigenvalue weighted by Crippen LogP contribution is -2.56. The molecule has 13 heteroatoms. The van der Waals surface area contributed by atoms with E-state index in [2.05, 4.69) is 29.1 Å². The molecule has 1 aromatic heterocycles. The fourth-order valence-corrected chi connectivity index (χ4v) is 7.77. The average Bonchev–Trinajstić information content (AvgIpc) is 3.59. The van der Waals surface area contributed by atoms with Gasteiger partial charge >= 0.3 is 6.09 Å². The van der Waals surface area contributed by atoms with Crippen molar-refractivity contribution < 1.29 is 32.6 Å². The number of H-pyrrole nitrogens is 1. The number of aliphatic hydroxyl groups excluding tert-OH is 1. The number of rotatable bonds is 15. The number of imidazole rings is 1. The summed E-state index contributed by atoms with van der Waals surface area (Å²) in [7, 11) is -1.71. The van der Waals surface area contributed by atoms with Gasteiger partial charge in [-0.15, -0.1) is 0 Å². The van der Waals surface area contributed by atoms with Crippen molar-refractivity contribution in [3.05, 3.63) is 54.1 Å². The zero-order chi connectivity index (χ0) is 34.7. The van der Waals surface area contributed by atoms with Crippen LogP contribution in [0.2, 0.25) is 0 Å². The van der Waals surface area contributed by atoms with Crippen LogP contribution in [0.25, 0.3) is 0 Å². The first kappa shape index (κ1) is 37.4. The third-order valence-corrected chi connectivity index (χ3v) is 11.2. The third-order valence-electron chi connectivity index (χ3n) is 9.61. The molecule has 1 aliphatic heterocycles. The van der Waals surface area contributed by atoms with Crippen LogP contribution in [0.3, 0.4) is 0 Å². The van der Waals surface area contributed by atoms with Crippen LogP contribution in [0.15, 0.2) is 42.9 Å². The van der Waals surface area contributed by atoms with Crippen LogP contribution in [0, 0.1) is 11.8 Å². The van der Waals surface area contributed by atoms with Gasteiger partial charge in [-0.25, -0.2) is 18.2 Å². The minimum atomic E-state index is -3.23. The summed E-state index contributed by atoms with van der Waals surface area (Å²) < 4.78 is 29.7. The Morgan fingerprint density at radius 1 is 1.06 bits per heavy atom. The number of aromatic amines is 1. The Morgan fingerprint density at radius 3 is 2.38 bits per heavy atom. The van der Waals surface area contributed by atoms with Crippen molar-refractivity contribution in [3.8, 4) is 0 Å². The second kappa shape index (κ2) is 17.8. The first-order chi connectivity index (χ1) is 22.9. The predicted octanol–water partition coefficient (Wildman–Crippen LogP) is 3.51. The van der Waals surface area contributed by atoms with Gasteiger partial charge in [-0.3, -0.25) is 9.59 Å². The molecule has 1 aliphatic carbocycles. The molecular weight excluding hydrogens is 634 g/mol. The summed E-state index contributed by atoms with van der Waals surface area (Å²) in [4.78, 5) is 51.4. The molecule has 48 heavy (non-hydrogen) atoms. The van der Waals surface area contributed by atoms with Gasteiger partial charge in [-0.05, 0) is 36.7 Å². The fourth-order valence-electron chi connectivity index (χ4n) is 6.57. The van der Waals surface area contributed by atoms with Gasteiger partial charge in [0.1, 0.15) is 6.04 Å². The van der Waals surface area contributed by atoms with E-state index in [1.54, 1.807) is 6.20 Å². The molecule has 1 aromatic carbocycles. The van der Waals surface area contributed by atoms with Crippen molar-refractivity contribution in [2.45, 2.75) is 102 Å². The minimum Gasteiger partial charge on any atom is -0.436 e. The topological polar surface area (TPSA) is 162 Å². The lowest BCUT2D eigenvalue weighted by Gasteiger charge is -2.35. The number of likely N-dealkylation sites (N-methyl/N-ethyl adjacent to an activating group) is 1. The van der Waals surface area contributed by atoms with Crippen LogP contribution in [-0.4, -0.2) is 107 Å². The molecule has 2 aromatic rings. The molecule has 0 spiro atoms. The lowest BCUT2D eigenvalue weighted by atomic mass is 9.83. The molecule has 266 valence electrons. The smallest absolute Gasteiger partial charge is 0.410 e. The Balaban J connectivity index is 1.56. The molecular formula is C35H53N5O7S. The molecule has 3 amide bonds. The minimum absolute atomic E-state index is 0.0182. The van der Waals surface area contributed by atoms with Crippen LogP contribution >= 0.6 is 0 Å². The van der Waals surface area contributed by atoms with Gasteiger partial charge in [-0.1, -0.05) is 76.3 Å². The number of hydrogen-bond donors (Lipinski definition) is 3. The number of nitrogens with zero attached hydrogens (tertiary/aromatic N) is 3. The summed E-state index contributed by atoms with van der Waals surface area (Å²) in [5.74, 6) is -0.506. The number of ether oxygens (including phenoxy) is 1. The van der Waals surface area contributed by atoms with E-state index in [1.165, 1.54) is 29.6 Å². The van der Waals surface area contributed by atoms with E-state index in [0.29, 0.717) is 30.4 Å². The quantitative estimate of drug-likeness (QED) is 0.256. The Morgan fingerprint density at radius 2 is 1.75 bits per heavy atom. The molecule has 2 aliphatic rings. The first-order valence-electron chi connectivity index (χ1n) is 17.3. The second-order valence-electron chi connectivity index (χ2n) is 13.8. The van der Waals surface area contributed by atoms with Crippen molar-refractivity contribution in [3.63, 3.8) is 0 Å². The first-order valence-corrected chi connectivity index (χ1v) is 19.2. The highest BCUT2D eigenvalue weighted by Crippen LogP contribution is 2.29. The highest BCUT2D eigenvalue weighted by atomic mass is 32.2. The molecule has 0 bridgehead atoms. The van der Waals surface area contributed by atoms with Gasteiger partial charge in [0, 0.05) is 44.9 Å². The number of amides is 3. The molecule has 2 fully saturated rings. The number of hydrogen-bond acceptors (Lipinski definition) is 8. The third kappa shape index (κ3) is 11.3. The van der Waals surface area contributed by atoms with Crippen molar-refractivity contribution in [2.24, 2.45) is 11.8 Å². The molecule has 4 rings (SSSR count). The van der Waals surface area contributed by atoms with E-state index in [0.717, 1.165) is 37.7 Å². The summed E-state index contributed by atoms with van der Waals surface area (Å²) in [5.41, 5.74) is 1.40. The van der Waals surface area contributed by atoms with Crippen molar-refractivity contribution in [2.75, 3.05) is 31.6 Å². The van der Waals surface area contributed by atoms with Gasteiger partial charge < -0.3 is 29.9 Å². The molecule has 3 unspecified atom stereocenters. The number of aromatic nitrogens is 2. The van der Waals surface area contributed by atoms with Gasteiger partial charge in [0.25, 0.3) is 5.91 Å². The fraction of sp³-hybridized carbons (Fsp3) is 0.657. The average molecular weight is 688 g/mol. The van der Waals surface area contributed by atoms with Crippen LogP contribution in [0.5, 0.6) is 0 Å². The van der Waals surface area contributed by atoms with Crippen molar-refractivity contribution >= 4 is 27.7 Å². The molecule has 12 nitrogen and oxygen atoms in total. The summed E-state index contributed by atoms with van der Waals surface area (Å²) in [5, 5.41) is 14.5. The van der Waals surface area contributed by atoms with E-state index in [1.807, 2.05) is 30.3 Å².